The zero-order valence-electron chi connectivity index (χ0n) is 13.8. The number of anilines is 2. The molecule has 1 amide bonds. The molecule has 1 N–H and O–H groups in total. The Labute approximate surface area is 140 Å². The minimum atomic E-state index is 0.209. The summed E-state index contributed by atoms with van der Waals surface area (Å²) in [5, 5.41) is 7.33. The minimum absolute atomic E-state index is 0.209. The summed E-state index contributed by atoms with van der Waals surface area (Å²) in [6, 6.07) is 0.511. The molecule has 1 saturated heterocycles. The highest BCUT2D eigenvalue weighted by molar-refractivity contribution is 5.70. The summed E-state index contributed by atoms with van der Waals surface area (Å²) < 4.78 is 1.73. The normalized spacial score (nSPS) is 22.4. The van der Waals surface area contributed by atoms with Crippen LogP contribution >= 0.6 is 0 Å². The van der Waals surface area contributed by atoms with Gasteiger partial charge in [0.1, 0.15) is 0 Å². The summed E-state index contributed by atoms with van der Waals surface area (Å²) in [6.07, 6.45) is 11.6. The van der Waals surface area contributed by atoms with Crippen molar-refractivity contribution in [2.75, 3.05) is 5.32 Å². The van der Waals surface area contributed by atoms with E-state index in [0.29, 0.717) is 12.0 Å². The number of hydrogen-bond donors (Lipinski definition) is 1. The molecule has 2 aromatic heterocycles. The molecule has 2 atom stereocenters. The molecule has 2 aliphatic rings. The SMILES string of the molecule is Cc1cnc(Nc2cnn(C)c2)nc1C1=CC2CCC(C1)N2C=O. The van der Waals surface area contributed by atoms with Crippen molar-refractivity contribution in [2.24, 2.45) is 7.05 Å². The van der Waals surface area contributed by atoms with E-state index in [9.17, 15) is 4.79 Å². The van der Waals surface area contributed by atoms with Gasteiger partial charge in [-0.3, -0.25) is 9.48 Å². The highest BCUT2D eigenvalue weighted by Gasteiger charge is 2.36. The topological polar surface area (TPSA) is 75.9 Å². The van der Waals surface area contributed by atoms with E-state index < -0.39 is 0 Å². The van der Waals surface area contributed by atoms with Gasteiger partial charge in [-0.25, -0.2) is 9.97 Å². The highest BCUT2D eigenvalue weighted by Crippen LogP contribution is 2.37. The summed E-state index contributed by atoms with van der Waals surface area (Å²) >= 11 is 0. The molecule has 7 heteroatoms. The number of nitrogens with zero attached hydrogens (tertiary/aromatic N) is 5. The zero-order valence-corrected chi connectivity index (χ0v) is 13.8. The van der Waals surface area contributed by atoms with Crippen molar-refractivity contribution in [1.29, 1.82) is 0 Å². The van der Waals surface area contributed by atoms with Crippen LogP contribution in [0.4, 0.5) is 11.6 Å². The number of hydrogen-bond acceptors (Lipinski definition) is 5. The van der Waals surface area contributed by atoms with E-state index in [0.717, 1.165) is 42.6 Å². The summed E-state index contributed by atoms with van der Waals surface area (Å²) in [5.74, 6) is 0.565. The lowest BCUT2D eigenvalue weighted by Gasteiger charge is -2.30. The lowest BCUT2D eigenvalue weighted by atomic mass is 9.97. The molecule has 2 unspecified atom stereocenters. The molecule has 4 rings (SSSR count). The van der Waals surface area contributed by atoms with Crippen molar-refractivity contribution in [2.45, 2.75) is 38.3 Å². The average Bonchev–Trinajstić information content (AvgIpc) is 3.08. The Hall–Kier alpha value is -2.70. The molecular weight excluding hydrogens is 304 g/mol. The lowest BCUT2D eigenvalue weighted by molar-refractivity contribution is -0.120. The first kappa shape index (κ1) is 14.9. The lowest BCUT2D eigenvalue weighted by Crippen LogP contribution is -2.37. The van der Waals surface area contributed by atoms with E-state index >= 15 is 0 Å². The van der Waals surface area contributed by atoms with Crippen LogP contribution in [-0.4, -0.2) is 43.1 Å². The second-order valence-corrected chi connectivity index (χ2v) is 6.50. The van der Waals surface area contributed by atoms with Crippen LogP contribution < -0.4 is 5.32 Å². The van der Waals surface area contributed by atoms with Crippen LogP contribution in [0.3, 0.4) is 0 Å². The van der Waals surface area contributed by atoms with Crippen LogP contribution in [0.2, 0.25) is 0 Å². The van der Waals surface area contributed by atoms with E-state index in [4.69, 9.17) is 4.98 Å². The van der Waals surface area contributed by atoms with Gasteiger partial charge >= 0.3 is 0 Å². The van der Waals surface area contributed by atoms with E-state index in [1.54, 1.807) is 10.9 Å². The van der Waals surface area contributed by atoms with Crippen LogP contribution in [0, 0.1) is 6.92 Å². The largest absolute Gasteiger partial charge is 0.335 e. The van der Waals surface area contributed by atoms with Crippen molar-refractivity contribution in [3.63, 3.8) is 0 Å². The Bertz CT molecular complexity index is 811. The number of fused-ring (bicyclic) bond motifs is 2. The molecule has 0 radical (unpaired) electrons. The fraction of sp³-hybridized carbons (Fsp3) is 0.412. The summed E-state index contributed by atoms with van der Waals surface area (Å²) in [6.45, 7) is 2.03. The number of aryl methyl sites for hydroxylation is 2. The van der Waals surface area contributed by atoms with Gasteiger partial charge in [-0.05, 0) is 37.3 Å². The summed E-state index contributed by atoms with van der Waals surface area (Å²) in [5.41, 5.74) is 4.10. The number of carbonyl (C=O) groups excluding carboxylic acids is 1. The molecule has 24 heavy (non-hydrogen) atoms. The standard InChI is InChI=1S/C17H20N6O/c1-11-7-18-17(20-13-8-19-22(2)9-13)21-16(11)12-5-14-3-4-15(6-12)23(14)10-24/h5,7-10,14-15H,3-4,6H2,1-2H3,(H,18,20,21). The molecule has 0 aromatic carbocycles. The number of nitrogens with one attached hydrogen (secondary N) is 1. The maximum absolute atomic E-state index is 11.2. The Morgan fingerprint density at radius 1 is 1.33 bits per heavy atom. The van der Waals surface area contributed by atoms with Crippen LogP contribution in [0.5, 0.6) is 0 Å². The fourth-order valence-corrected chi connectivity index (χ4v) is 3.65. The summed E-state index contributed by atoms with van der Waals surface area (Å²) in [7, 11) is 1.87. The molecular formula is C17H20N6O. The van der Waals surface area contributed by atoms with Crippen molar-refractivity contribution < 1.29 is 4.79 Å². The van der Waals surface area contributed by atoms with Gasteiger partial charge in [0.2, 0.25) is 12.4 Å². The number of carbonyl (C=O) groups is 1. The highest BCUT2D eigenvalue weighted by atomic mass is 16.1. The third-order valence-electron chi connectivity index (χ3n) is 4.81. The van der Waals surface area contributed by atoms with E-state index in [1.165, 1.54) is 5.57 Å². The van der Waals surface area contributed by atoms with Crippen LogP contribution in [0.15, 0.2) is 24.7 Å². The average molecular weight is 324 g/mol. The van der Waals surface area contributed by atoms with Crippen LogP contribution in [0.1, 0.15) is 30.5 Å². The minimum Gasteiger partial charge on any atom is -0.335 e. The van der Waals surface area contributed by atoms with Gasteiger partial charge in [0.25, 0.3) is 0 Å². The Balaban J connectivity index is 1.63. The van der Waals surface area contributed by atoms with Crippen molar-refractivity contribution in [3.05, 3.63) is 35.9 Å². The molecule has 0 aliphatic carbocycles. The van der Waals surface area contributed by atoms with Gasteiger partial charge in [0.05, 0.1) is 23.6 Å². The quantitative estimate of drug-likeness (QED) is 0.871. The number of amides is 1. The first-order valence-corrected chi connectivity index (χ1v) is 8.17. The molecule has 7 nitrogen and oxygen atoms in total. The molecule has 2 bridgehead atoms. The van der Waals surface area contributed by atoms with Gasteiger partial charge in [-0.1, -0.05) is 6.08 Å². The number of aromatic nitrogens is 4. The predicted octanol–water partition coefficient (Wildman–Crippen LogP) is 2.04. The van der Waals surface area contributed by atoms with Gasteiger partial charge in [0.15, 0.2) is 0 Å². The Morgan fingerprint density at radius 2 is 2.21 bits per heavy atom. The predicted molar refractivity (Wildman–Crippen MR) is 90.6 cm³/mol. The monoisotopic (exact) mass is 324 g/mol. The molecule has 124 valence electrons. The van der Waals surface area contributed by atoms with Gasteiger partial charge < -0.3 is 10.2 Å². The summed E-state index contributed by atoms with van der Waals surface area (Å²) in [4.78, 5) is 22.3. The molecule has 4 heterocycles. The second kappa shape index (κ2) is 5.74. The Kier molecular flexibility index (Phi) is 3.55. The van der Waals surface area contributed by atoms with Crippen molar-refractivity contribution in [1.82, 2.24) is 24.6 Å². The number of rotatable bonds is 4. The fourth-order valence-electron chi connectivity index (χ4n) is 3.65. The Morgan fingerprint density at radius 3 is 2.92 bits per heavy atom. The molecule has 1 fully saturated rings. The maximum Gasteiger partial charge on any atom is 0.227 e. The van der Waals surface area contributed by atoms with Crippen molar-refractivity contribution >= 4 is 23.6 Å². The van der Waals surface area contributed by atoms with Gasteiger partial charge in [-0.15, -0.1) is 0 Å². The maximum atomic E-state index is 11.2. The first-order valence-electron chi connectivity index (χ1n) is 8.17. The van der Waals surface area contributed by atoms with E-state index in [2.05, 4.69) is 21.5 Å². The zero-order chi connectivity index (χ0) is 16.7. The molecule has 2 aliphatic heterocycles. The smallest absolute Gasteiger partial charge is 0.227 e. The van der Waals surface area contributed by atoms with Crippen molar-refractivity contribution in [3.8, 4) is 0 Å². The van der Waals surface area contributed by atoms with Gasteiger partial charge in [0, 0.05) is 25.5 Å². The second-order valence-electron chi connectivity index (χ2n) is 6.50. The van der Waals surface area contributed by atoms with Crippen LogP contribution in [-0.2, 0) is 11.8 Å². The molecule has 0 spiro atoms. The van der Waals surface area contributed by atoms with E-state index in [-0.39, 0.29) is 6.04 Å². The first-order chi connectivity index (χ1) is 11.6. The molecule has 2 aromatic rings. The third-order valence-corrected chi connectivity index (χ3v) is 4.81. The van der Waals surface area contributed by atoms with Crippen LogP contribution in [0.25, 0.3) is 5.57 Å². The third kappa shape index (κ3) is 2.55. The molecule has 0 saturated carbocycles. The van der Waals surface area contributed by atoms with E-state index in [1.807, 2.05) is 31.3 Å². The van der Waals surface area contributed by atoms with Gasteiger partial charge in [-0.2, -0.15) is 5.10 Å².